The summed E-state index contributed by atoms with van der Waals surface area (Å²) in [6.45, 7) is 9.94. The fourth-order valence-electron chi connectivity index (χ4n) is 16.4. The van der Waals surface area contributed by atoms with Gasteiger partial charge in [-0.25, -0.2) is 0 Å². The SMILES string of the molecule is CC1(C)CCC(C)(C)c2c(N(c3ccc(C4(c5ccccc5)c5ccccc5-c5ccccc54)cc3)c3cccc4c3-c3ccccc3C43C4CC5CC6CC3C64C5)cccc21. The predicted molar refractivity (Wildman–Crippen MR) is 255 cm³/mol. The van der Waals surface area contributed by atoms with Crippen LogP contribution in [0.2, 0.25) is 0 Å². The van der Waals surface area contributed by atoms with Crippen LogP contribution in [0.15, 0.2) is 164 Å². The summed E-state index contributed by atoms with van der Waals surface area (Å²) in [7, 11) is 0. The van der Waals surface area contributed by atoms with Crippen molar-refractivity contribution in [2.45, 2.75) is 87.9 Å². The summed E-state index contributed by atoms with van der Waals surface area (Å²) in [6.07, 6.45) is 8.18. The third-order valence-corrected chi connectivity index (χ3v) is 18.7. The van der Waals surface area contributed by atoms with Crippen molar-refractivity contribution in [3.63, 3.8) is 0 Å². The number of benzene rings is 7. The molecule has 0 heterocycles. The highest BCUT2D eigenvalue weighted by Crippen LogP contribution is 2.90. The van der Waals surface area contributed by atoms with E-state index in [1.165, 1.54) is 111 Å². The first kappa shape index (κ1) is 35.9. The van der Waals surface area contributed by atoms with Crippen molar-refractivity contribution in [1.82, 2.24) is 0 Å². The van der Waals surface area contributed by atoms with E-state index in [1.54, 1.807) is 11.1 Å². The molecule has 0 N–H and O–H groups in total. The van der Waals surface area contributed by atoms with E-state index < -0.39 is 5.41 Å². The number of anilines is 3. The van der Waals surface area contributed by atoms with Gasteiger partial charge in [-0.05, 0) is 164 Å². The lowest BCUT2D eigenvalue weighted by molar-refractivity contribution is -0.231. The fraction of sp³-hybridized carbons (Fsp3) is 0.311. The Kier molecular flexibility index (Phi) is 6.87. The van der Waals surface area contributed by atoms with Gasteiger partial charge in [-0.1, -0.05) is 167 Å². The molecule has 1 nitrogen and oxygen atoms in total. The average Bonchev–Trinajstić information content (AvgIpc) is 4.02. The predicted octanol–water partition coefficient (Wildman–Crippen LogP) is 15.2. The van der Waals surface area contributed by atoms with Gasteiger partial charge in [-0.3, -0.25) is 0 Å². The van der Waals surface area contributed by atoms with Crippen molar-refractivity contribution in [2.24, 2.45) is 29.1 Å². The third-order valence-electron chi connectivity index (χ3n) is 18.7. The second kappa shape index (κ2) is 11.9. The molecule has 14 rings (SSSR count). The lowest BCUT2D eigenvalue weighted by Gasteiger charge is -2.76. The molecule has 0 amide bonds. The topological polar surface area (TPSA) is 3.24 Å². The first-order chi connectivity index (χ1) is 30.2. The minimum Gasteiger partial charge on any atom is -0.310 e. The molecule has 62 heavy (non-hydrogen) atoms. The number of hydrogen-bond acceptors (Lipinski definition) is 1. The van der Waals surface area contributed by atoms with E-state index in [0.29, 0.717) is 5.41 Å². The zero-order chi connectivity index (χ0) is 41.4. The van der Waals surface area contributed by atoms with Crippen LogP contribution in [-0.4, -0.2) is 0 Å². The van der Waals surface area contributed by atoms with Gasteiger partial charge in [0, 0.05) is 16.7 Å². The van der Waals surface area contributed by atoms with Crippen molar-refractivity contribution in [3.05, 3.63) is 208 Å². The highest BCUT2D eigenvalue weighted by Gasteiger charge is 2.84. The summed E-state index contributed by atoms with van der Waals surface area (Å²) in [5.41, 5.74) is 21.6. The molecule has 7 aromatic rings. The molecule has 4 fully saturated rings. The van der Waals surface area contributed by atoms with Crippen molar-refractivity contribution >= 4 is 17.1 Å². The van der Waals surface area contributed by atoms with E-state index in [0.717, 1.165) is 23.7 Å². The molecular weight excluding hydrogens is 747 g/mol. The number of hydrogen-bond donors (Lipinski definition) is 0. The van der Waals surface area contributed by atoms with Crippen LogP contribution in [0, 0.1) is 29.1 Å². The molecule has 2 bridgehead atoms. The molecule has 0 saturated heterocycles. The second-order valence-electron chi connectivity index (χ2n) is 21.9. The van der Waals surface area contributed by atoms with Crippen LogP contribution < -0.4 is 4.90 Å². The maximum absolute atomic E-state index is 2.71. The Labute approximate surface area is 367 Å². The van der Waals surface area contributed by atoms with Crippen LogP contribution in [-0.2, 0) is 21.7 Å². The van der Waals surface area contributed by atoms with Crippen LogP contribution in [0.3, 0.4) is 0 Å². The molecule has 0 aromatic heterocycles. The third kappa shape index (κ3) is 4.05. The van der Waals surface area contributed by atoms with E-state index in [4.69, 9.17) is 0 Å². The van der Waals surface area contributed by atoms with E-state index in [9.17, 15) is 0 Å². The molecule has 1 heteroatoms. The number of fused-ring (bicyclic) bond motifs is 12. The molecule has 304 valence electrons. The minimum absolute atomic E-state index is 0.0235. The maximum Gasteiger partial charge on any atom is 0.0713 e. The smallest absolute Gasteiger partial charge is 0.0713 e. The van der Waals surface area contributed by atoms with Gasteiger partial charge >= 0.3 is 0 Å². The van der Waals surface area contributed by atoms with Crippen molar-refractivity contribution in [1.29, 1.82) is 0 Å². The first-order valence-corrected chi connectivity index (χ1v) is 23.7. The molecule has 7 aliphatic carbocycles. The molecule has 6 unspecified atom stereocenters. The monoisotopic (exact) mass is 801 g/mol. The standard InChI is InChI=1S/C61H55N/c1-57(2)32-33-58(3,4)56-50(57)25-15-27-52(56)62(51-26-14-24-49-55(51)45-20-10-13-23-48(45)61(49)53-35-38-34-41-36-54(61)59(41,53)37-38)42-30-28-40(29-31-42)60(39-16-6-5-7-17-39)46-21-11-8-18-43(46)44-19-9-12-22-47(44)60/h5-31,38,41,53-54H,32-37H2,1-4H3. The fourth-order valence-corrected chi connectivity index (χ4v) is 16.4. The van der Waals surface area contributed by atoms with Crippen LogP contribution in [0.5, 0.6) is 0 Å². The van der Waals surface area contributed by atoms with Crippen LogP contribution in [0.1, 0.15) is 111 Å². The Balaban J connectivity index is 1.02. The van der Waals surface area contributed by atoms with Gasteiger partial charge in [0.05, 0.1) is 16.8 Å². The summed E-state index contributed by atoms with van der Waals surface area (Å²) < 4.78 is 0. The van der Waals surface area contributed by atoms with Gasteiger partial charge in [0.1, 0.15) is 0 Å². The Hall–Kier alpha value is -5.66. The Morgan fingerprint density at radius 2 is 1.02 bits per heavy atom. The minimum atomic E-state index is -0.434. The summed E-state index contributed by atoms with van der Waals surface area (Å²) >= 11 is 0. The molecule has 7 aliphatic rings. The molecular formula is C61H55N. The summed E-state index contributed by atoms with van der Waals surface area (Å²) in [5, 5.41) is 0. The number of nitrogens with zero attached hydrogens (tertiary/aromatic N) is 1. The van der Waals surface area contributed by atoms with E-state index in [2.05, 4.69) is 196 Å². The lowest BCUT2D eigenvalue weighted by Crippen LogP contribution is -2.73. The van der Waals surface area contributed by atoms with E-state index >= 15 is 0 Å². The summed E-state index contributed by atoms with van der Waals surface area (Å²) in [6, 6.07) is 63.7. The van der Waals surface area contributed by atoms with E-state index in [1.807, 2.05) is 0 Å². The van der Waals surface area contributed by atoms with E-state index in [-0.39, 0.29) is 16.2 Å². The molecule has 0 aliphatic heterocycles. The molecule has 0 radical (unpaired) electrons. The van der Waals surface area contributed by atoms with Crippen molar-refractivity contribution in [3.8, 4) is 22.3 Å². The lowest BCUT2D eigenvalue weighted by atomic mass is 9.27. The highest BCUT2D eigenvalue weighted by molar-refractivity contribution is 5.97. The molecule has 7 aromatic carbocycles. The summed E-state index contributed by atoms with van der Waals surface area (Å²) in [5.74, 6) is 3.45. The van der Waals surface area contributed by atoms with Gasteiger partial charge in [-0.15, -0.1) is 0 Å². The Morgan fingerprint density at radius 3 is 1.73 bits per heavy atom. The maximum atomic E-state index is 2.71. The largest absolute Gasteiger partial charge is 0.310 e. The van der Waals surface area contributed by atoms with Crippen LogP contribution in [0.4, 0.5) is 17.1 Å². The Bertz CT molecular complexity index is 2980. The molecule has 2 spiro atoms. The van der Waals surface area contributed by atoms with Gasteiger partial charge in [0.25, 0.3) is 0 Å². The van der Waals surface area contributed by atoms with Crippen LogP contribution in [0.25, 0.3) is 22.3 Å². The number of rotatable bonds is 5. The van der Waals surface area contributed by atoms with Gasteiger partial charge < -0.3 is 4.90 Å². The van der Waals surface area contributed by atoms with Gasteiger partial charge in [0.2, 0.25) is 0 Å². The van der Waals surface area contributed by atoms with Gasteiger partial charge in [-0.2, -0.15) is 0 Å². The zero-order valence-corrected chi connectivity index (χ0v) is 36.6. The van der Waals surface area contributed by atoms with Gasteiger partial charge in [0.15, 0.2) is 0 Å². The van der Waals surface area contributed by atoms with Crippen LogP contribution >= 0.6 is 0 Å². The highest BCUT2D eigenvalue weighted by atomic mass is 15.2. The van der Waals surface area contributed by atoms with Crippen molar-refractivity contribution < 1.29 is 0 Å². The Morgan fingerprint density at radius 1 is 0.452 bits per heavy atom. The van der Waals surface area contributed by atoms with Crippen molar-refractivity contribution in [2.75, 3.05) is 4.90 Å². The average molecular weight is 802 g/mol. The molecule has 6 atom stereocenters. The zero-order valence-electron chi connectivity index (χ0n) is 36.6. The quantitative estimate of drug-likeness (QED) is 0.168. The first-order valence-electron chi connectivity index (χ1n) is 23.7. The normalized spacial score (nSPS) is 28.5. The summed E-state index contributed by atoms with van der Waals surface area (Å²) in [4.78, 5) is 2.71. The second-order valence-corrected chi connectivity index (χ2v) is 21.9. The molecule has 4 saturated carbocycles.